The zero-order valence-electron chi connectivity index (χ0n) is 11.1. The number of aromatic nitrogens is 1. The van der Waals surface area contributed by atoms with Crippen LogP contribution in [0.25, 0.3) is 0 Å². The summed E-state index contributed by atoms with van der Waals surface area (Å²) in [6.07, 6.45) is 4.25. The predicted molar refractivity (Wildman–Crippen MR) is 77.0 cm³/mol. The van der Waals surface area contributed by atoms with E-state index < -0.39 is 0 Å². The number of likely N-dealkylation sites (tertiary alicyclic amines) is 1. The lowest BCUT2D eigenvalue weighted by Gasteiger charge is -2.15. The number of hydrogen-bond donors (Lipinski definition) is 0. The molecule has 1 aliphatic rings. The third kappa shape index (κ3) is 4.06. The molecule has 0 aliphatic carbocycles. The summed E-state index contributed by atoms with van der Waals surface area (Å²) >= 11 is 3.33. The minimum Gasteiger partial charge on any atom is -0.472 e. The quantitative estimate of drug-likeness (QED) is 0.803. The van der Waals surface area contributed by atoms with Crippen molar-refractivity contribution in [3.63, 3.8) is 0 Å². The lowest BCUT2D eigenvalue weighted by Crippen LogP contribution is -2.29. The second kappa shape index (κ2) is 6.19. The van der Waals surface area contributed by atoms with Gasteiger partial charge in [0.2, 0.25) is 11.8 Å². The van der Waals surface area contributed by atoms with Crippen molar-refractivity contribution in [1.29, 1.82) is 0 Å². The molecule has 1 atom stereocenters. The van der Waals surface area contributed by atoms with Crippen LogP contribution in [-0.4, -0.2) is 35.0 Å². The summed E-state index contributed by atoms with van der Waals surface area (Å²) in [5, 5.41) is 0. The van der Waals surface area contributed by atoms with Crippen LogP contribution in [0.15, 0.2) is 34.5 Å². The summed E-state index contributed by atoms with van der Waals surface area (Å²) in [5.41, 5.74) is 1.02. The minimum atomic E-state index is 0.0307. The molecule has 4 nitrogen and oxygen atoms in total. The van der Waals surface area contributed by atoms with Gasteiger partial charge in [0.25, 0.3) is 0 Å². The largest absolute Gasteiger partial charge is 0.472 e. The number of carbonyl (C=O) groups is 1. The molecule has 0 aromatic carbocycles. The Labute approximate surface area is 121 Å². The number of rotatable bonds is 3. The maximum Gasteiger partial charge on any atom is 0.246 e. The number of nitrogens with zero attached hydrogens (tertiary/aromatic N) is 2. The summed E-state index contributed by atoms with van der Waals surface area (Å²) in [6.45, 7) is 5.21. The van der Waals surface area contributed by atoms with Crippen molar-refractivity contribution in [3.8, 4) is 5.88 Å². The zero-order valence-corrected chi connectivity index (χ0v) is 12.7. The highest BCUT2D eigenvalue weighted by atomic mass is 79.9. The van der Waals surface area contributed by atoms with Crippen molar-refractivity contribution in [2.75, 3.05) is 13.1 Å². The molecule has 1 amide bonds. The van der Waals surface area contributed by atoms with Crippen molar-refractivity contribution in [1.82, 2.24) is 9.88 Å². The lowest BCUT2D eigenvalue weighted by atomic mass is 10.3. The Morgan fingerprint density at radius 1 is 1.53 bits per heavy atom. The first kappa shape index (κ1) is 14.1. The zero-order chi connectivity index (χ0) is 13.8. The molecule has 0 unspecified atom stereocenters. The molecule has 5 heteroatoms. The van der Waals surface area contributed by atoms with E-state index >= 15 is 0 Å². The van der Waals surface area contributed by atoms with Crippen LogP contribution in [0.2, 0.25) is 0 Å². The van der Waals surface area contributed by atoms with Crippen LogP contribution in [0, 0.1) is 0 Å². The smallest absolute Gasteiger partial charge is 0.246 e. The van der Waals surface area contributed by atoms with Crippen molar-refractivity contribution in [2.45, 2.75) is 26.4 Å². The fourth-order valence-electron chi connectivity index (χ4n) is 1.97. The predicted octanol–water partition coefficient (Wildman–Crippen LogP) is 2.79. The van der Waals surface area contributed by atoms with Gasteiger partial charge in [0.05, 0.1) is 6.54 Å². The third-order valence-corrected chi connectivity index (χ3v) is 3.33. The van der Waals surface area contributed by atoms with Crippen molar-refractivity contribution in [3.05, 3.63) is 34.5 Å². The first-order valence-corrected chi connectivity index (χ1v) is 7.06. The maximum absolute atomic E-state index is 11.9. The van der Waals surface area contributed by atoms with Gasteiger partial charge in [-0.1, -0.05) is 5.57 Å². The van der Waals surface area contributed by atoms with E-state index in [1.54, 1.807) is 12.3 Å². The monoisotopic (exact) mass is 324 g/mol. The molecule has 0 radical (unpaired) electrons. The van der Waals surface area contributed by atoms with E-state index in [1.807, 2.05) is 30.9 Å². The number of allylic oxidation sites excluding steroid dienone is 1. The van der Waals surface area contributed by atoms with E-state index in [0.717, 1.165) is 23.0 Å². The van der Waals surface area contributed by atoms with E-state index in [1.165, 1.54) is 0 Å². The Bertz CT molecular complexity index is 481. The van der Waals surface area contributed by atoms with Gasteiger partial charge in [0, 0.05) is 35.8 Å². The number of ether oxygens (including phenoxy) is 1. The molecule has 2 heterocycles. The first-order chi connectivity index (χ1) is 9.04. The average Bonchev–Trinajstić information content (AvgIpc) is 2.80. The van der Waals surface area contributed by atoms with Crippen molar-refractivity contribution >= 4 is 21.8 Å². The molecular weight excluding hydrogens is 308 g/mol. The van der Waals surface area contributed by atoms with Gasteiger partial charge in [-0.3, -0.25) is 4.79 Å². The van der Waals surface area contributed by atoms with Gasteiger partial charge in [-0.15, -0.1) is 0 Å². The molecule has 1 aromatic heterocycles. The van der Waals surface area contributed by atoms with Gasteiger partial charge < -0.3 is 9.64 Å². The van der Waals surface area contributed by atoms with Crippen molar-refractivity contribution in [2.24, 2.45) is 0 Å². The Hall–Kier alpha value is -1.36. The fourth-order valence-corrected chi connectivity index (χ4v) is 2.20. The molecule has 0 spiro atoms. The molecule has 0 saturated carbocycles. The molecule has 1 fully saturated rings. The highest BCUT2D eigenvalue weighted by molar-refractivity contribution is 9.10. The molecule has 19 heavy (non-hydrogen) atoms. The number of halogens is 1. The highest BCUT2D eigenvalue weighted by Crippen LogP contribution is 2.18. The molecule has 102 valence electrons. The first-order valence-electron chi connectivity index (χ1n) is 6.26. The molecular formula is C14H17BrN2O2. The lowest BCUT2D eigenvalue weighted by molar-refractivity contribution is -0.125. The van der Waals surface area contributed by atoms with Crippen LogP contribution in [0.3, 0.4) is 0 Å². The van der Waals surface area contributed by atoms with Crippen LogP contribution in [-0.2, 0) is 4.79 Å². The molecule has 0 N–H and O–H groups in total. The number of hydrogen-bond acceptors (Lipinski definition) is 3. The summed E-state index contributed by atoms with van der Waals surface area (Å²) in [4.78, 5) is 17.9. The molecule has 1 aromatic rings. The summed E-state index contributed by atoms with van der Waals surface area (Å²) in [6, 6.07) is 3.72. The second-order valence-corrected chi connectivity index (χ2v) is 5.76. The standard InChI is InChI=1S/C14H17BrN2O2/c1-10(2)7-14(18)17-6-5-12(9-17)19-13-4-3-11(15)8-16-13/h3-4,7-8,12H,5-6,9H2,1-2H3/t12-/m0/s1. The summed E-state index contributed by atoms with van der Waals surface area (Å²) < 4.78 is 6.69. The Morgan fingerprint density at radius 3 is 2.95 bits per heavy atom. The average molecular weight is 325 g/mol. The van der Waals surface area contributed by atoms with E-state index in [4.69, 9.17) is 4.74 Å². The Balaban J connectivity index is 1.90. The van der Waals surface area contributed by atoms with Gasteiger partial charge in [0.15, 0.2) is 0 Å². The topological polar surface area (TPSA) is 42.4 Å². The van der Waals surface area contributed by atoms with E-state index in [0.29, 0.717) is 12.4 Å². The maximum atomic E-state index is 11.9. The van der Waals surface area contributed by atoms with Crippen LogP contribution in [0.5, 0.6) is 5.88 Å². The van der Waals surface area contributed by atoms with Crippen LogP contribution in [0.4, 0.5) is 0 Å². The van der Waals surface area contributed by atoms with Crippen molar-refractivity contribution < 1.29 is 9.53 Å². The third-order valence-electron chi connectivity index (χ3n) is 2.86. The molecule has 2 rings (SSSR count). The minimum absolute atomic E-state index is 0.0307. The van der Waals surface area contributed by atoms with E-state index in [2.05, 4.69) is 20.9 Å². The Kier molecular flexibility index (Phi) is 4.58. The van der Waals surface area contributed by atoms with E-state index in [-0.39, 0.29) is 12.0 Å². The van der Waals surface area contributed by atoms with Gasteiger partial charge in [-0.05, 0) is 35.8 Å². The van der Waals surface area contributed by atoms with Crippen LogP contribution < -0.4 is 4.74 Å². The number of pyridine rings is 1. The van der Waals surface area contributed by atoms with Gasteiger partial charge in [0.1, 0.15) is 6.10 Å². The van der Waals surface area contributed by atoms with Gasteiger partial charge in [-0.25, -0.2) is 4.98 Å². The van der Waals surface area contributed by atoms with E-state index in [9.17, 15) is 4.79 Å². The second-order valence-electron chi connectivity index (χ2n) is 4.85. The van der Waals surface area contributed by atoms with Crippen LogP contribution in [0.1, 0.15) is 20.3 Å². The normalized spacial score (nSPS) is 18.3. The Morgan fingerprint density at radius 2 is 2.32 bits per heavy atom. The molecule has 0 bridgehead atoms. The van der Waals surface area contributed by atoms with Gasteiger partial charge in [-0.2, -0.15) is 0 Å². The molecule has 1 saturated heterocycles. The fraction of sp³-hybridized carbons (Fsp3) is 0.429. The van der Waals surface area contributed by atoms with Gasteiger partial charge >= 0.3 is 0 Å². The SMILES string of the molecule is CC(C)=CC(=O)N1CC[C@H](Oc2ccc(Br)cn2)C1. The number of amides is 1. The highest BCUT2D eigenvalue weighted by Gasteiger charge is 2.26. The number of carbonyl (C=O) groups excluding carboxylic acids is 1. The van der Waals surface area contributed by atoms with Crippen LogP contribution >= 0.6 is 15.9 Å². The summed E-state index contributed by atoms with van der Waals surface area (Å²) in [5.74, 6) is 0.666. The summed E-state index contributed by atoms with van der Waals surface area (Å²) in [7, 11) is 0. The molecule has 1 aliphatic heterocycles.